The summed E-state index contributed by atoms with van der Waals surface area (Å²) in [6, 6.07) is 6.27. The maximum absolute atomic E-state index is 12.3. The number of aryl methyl sites for hydroxylation is 1. The highest BCUT2D eigenvalue weighted by molar-refractivity contribution is 5.98. The van der Waals surface area contributed by atoms with Gasteiger partial charge < -0.3 is 24.1 Å². The normalized spacial score (nSPS) is 11.5. The number of nitrogens with one attached hydrogen (secondary N) is 1. The van der Waals surface area contributed by atoms with Gasteiger partial charge in [-0.2, -0.15) is 0 Å². The van der Waals surface area contributed by atoms with Crippen molar-refractivity contribution in [2.24, 2.45) is 0 Å². The van der Waals surface area contributed by atoms with E-state index in [0.29, 0.717) is 17.3 Å². The fourth-order valence-electron chi connectivity index (χ4n) is 1.90. The van der Waals surface area contributed by atoms with Crippen LogP contribution in [0.1, 0.15) is 23.0 Å². The lowest BCUT2D eigenvalue weighted by Crippen LogP contribution is -2.30. The number of anilines is 1. The third-order valence-electron chi connectivity index (χ3n) is 3.16. The summed E-state index contributed by atoms with van der Waals surface area (Å²) in [6.45, 7) is 3.15. The zero-order valence-corrected chi connectivity index (χ0v) is 13.8. The van der Waals surface area contributed by atoms with E-state index in [-0.39, 0.29) is 11.4 Å². The van der Waals surface area contributed by atoms with Crippen LogP contribution in [0.15, 0.2) is 28.8 Å². The van der Waals surface area contributed by atoms with Crippen LogP contribution in [0.2, 0.25) is 0 Å². The lowest BCUT2D eigenvalue weighted by atomic mass is 10.2. The molecule has 0 fully saturated rings. The molecule has 0 aliphatic rings. The number of carbonyl (C=O) groups is 2. The third kappa shape index (κ3) is 4.03. The van der Waals surface area contributed by atoms with Crippen molar-refractivity contribution in [1.82, 2.24) is 5.16 Å². The van der Waals surface area contributed by atoms with Gasteiger partial charge in [0.15, 0.2) is 11.9 Å². The summed E-state index contributed by atoms with van der Waals surface area (Å²) in [5.41, 5.74) is 0.161. The van der Waals surface area contributed by atoms with E-state index in [2.05, 4.69) is 10.5 Å². The van der Waals surface area contributed by atoms with E-state index in [1.54, 1.807) is 25.1 Å². The molecule has 0 aliphatic heterocycles. The lowest BCUT2D eigenvalue weighted by molar-refractivity contribution is -0.123. The van der Waals surface area contributed by atoms with Crippen LogP contribution in [0.3, 0.4) is 0 Å². The average Bonchev–Trinajstić information content (AvgIpc) is 2.98. The van der Waals surface area contributed by atoms with E-state index in [1.807, 2.05) is 0 Å². The maximum atomic E-state index is 12.3. The minimum Gasteiger partial charge on any atom is -0.497 e. The zero-order chi connectivity index (χ0) is 17.7. The number of rotatable bonds is 6. The van der Waals surface area contributed by atoms with Gasteiger partial charge in [-0.3, -0.25) is 4.79 Å². The molecule has 2 aromatic rings. The van der Waals surface area contributed by atoms with Crippen molar-refractivity contribution in [2.45, 2.75) is 20.0 Å². The highest BCUT2D eigenvalue weighted by atomic mass is 16.5. The highest BCUT2D eigenvalue weighted by Crippen LogP contribution is 2.25. The van der Waals surface area contributed by atoms with Crippen LogP contribution in [-0.2, 0) is 9.53 Å². The van der Waals surface area contributed by atoms with E-state index in [4.69, 9.17) is 18.7 Å². The molecule has 0 unspecified atom stereocenters. The van der Waals surface area contributed by atoms with E-state index in [0.717, 1.165) is 0 Å². The first-order valence-electron chi connectivity index (χ1n) is 7.11. The number of hydrogen-bond donors (Lipinski definition) is 1. The van der Waals surface area contributed by atoms with Crippen molar-refractivity contribution in [3.05, 3.63) is 35.6 Å². The van der Waals surface area contributed by atoms with Crippen LogP contribution in [0.4, 0.5) is 5.82 Å². The largest absolute Gasteiger partial charge is 0.497 e. The summed E-state index contributed by atoms with van der Waals surface area (Å²) < 4.78 is 20.2. The lowest BCUT2D eigenvalue weighted by Gasteiger charge is -2.14. The summed E-state index contributed by atoms with van der Waals surface area (Å²) in [4.78, 5) is 24.3. The van der Waals surface area contributed by atoms with Crippen LogP contribution >= 0.6 is 0 Å². The first kappa shape index (κ1) is 17.3. The summed E-state index contributed by atoms with van der Waals surface area (Å²) in [5, 5.41) is 6.14. The van der Waals surface area contributed by atoms with Crippen molar-refractivity contribution < 1.29 is 28.3 Å². The summed E-state index contributed by atoms with van der Waals surface area (Å²) >= 11 is 0. The second-order valence-corrected chi connectivity index (χ2v) is 4.93. The number of amides is 1. The molecule has 1 aromatic heterocycles. The van der Waals surface area contributed by atoms with Gasteiger partial charge in [-0.1, -0.05) is 5.16 Å². The van der Waals surface area contributed by atoms with Gasteiger partial charge in [0, 0.05) is 6.07 Å². The Morgan fingerprint density at radius 2 is 1.96 bits per heavy atom. The summed E-state index contributed by atoms with van der Waals surface area (Å²) in [6.07, 6.45) is -1.04. The van der Waals surface area contributed by atoms with Gasteiger partial charge in [0.1, 0.15) is 22.8 Å². The van der Waals surface area contributed by atoms with Gasteiger partial charge in [-0.25, -0.2) is 4.79 Å². The number of hydrogen-bond acceptors (Lipinski definition) is 7. The van der Waals surface area contributed by atoms with Gasteiger partial charge in [0.25, 0.3) is 5.91 Å². The van der Waals surface area contributed by atoms with Gasteiger partial charge in [0.05, 0.1) is 14.2 Å². The van der Waals surface area contributed by atoms with Crippen LogP contribution < -0.4 is 14.8 Å². The molecule has 0 radical (unpaired) electrons. The second kappa shape index (κ2) is 7.49. The van der Waals surface area contributed by atoms with Crippen LogP contribution in [0.5, 0.6) is 11.5 Å². The van der Waals surface area contributed by atoms with E-state index in [9.17, 15) is 9.59 Å². The fourth-order valence-corrected chi connectivity index (χ4v) is 1.90. The summed E-state index contributed by atoms with van der Waals surface area (Å²) in [7, 11) is 2.91. The van der Waals surface area contributed by atoms with Crippen LogP contribution in [0.25, 0.3) is 0 Å². The first-order valence-corrected chi connectivity index (χ1v) is 7.11. The molecule has 0 saturated heterocycles. The first-order chi connectivity index (χ1) is 11.4. The molecular weight excluding hydrogens is 316 g/mol. The Hall–Kier alpha value is -3.03. The number of nitrogens with zero attached hydrogens (tertiary/aromatic N) is 1. The monoisotopic (exact) mass is 334 g/mol. The predicted molar refractivity (Wildman–Crippen MR) is 84.3 cm³/mol. The zero-order valence-electron chi connectivity index (χ0n) is 13.8. The van der Waals surface area contributed by atoms with Crippen molar-refractivity contribution in [2.75, 3.05) is 19.5 Å². The minimum absolute atomic E-state index is 0.161. The molecule has 1 heterocycles. The maximum Gasteiger partial charge on any atom is 0.342 e. The molecule has 8 heteroatoms. The Balaban J connectivity index is 2.06. The molecule has 0 saturated carbocycles. The van der Waals surface area contributed by atoms with Crippen molar-refractivity contribution in [1.29, 1.82) is 0 Å². The Morgan fingerprint density at radius 3 is 2.54 bits per heavy atom. The van der Waals surface area contributed by atoms with Gasteiger partial charge in [-0.05, 0) is 32.0 Å². The van der Waals surface area contributed by atoms with E-state index in [1.165, 1.54) is 27.2 Å². The highest BCUT2D eigenvalue weighted by Gasteiger charge is 2.22. The molecule has 0 spiro atoms. The second-order valence-electron chi connectivity index (χ2n) is 4.93. The number of methoxy groups -OCH3 is 2. The smallest absolute Gasteiger partial charge is 0.342 e. The Morgan fingerprint density at radius 1 is 1.21 bits per heavy atom. The van der Waals surface area contributed by atoms with Crippen LogP contribution in [-0.4, -0.2) is 37.4 Å². The number of aromatic nitrogens is 1. The molecule has 24 heavy (non-hydrogen) atoms. The van der Waals surface area contributed by atoms with Crippen molar-refractivity contribution in [3.8, 4) is 11.5 Å². The minimum atomic E-state index is -1.04. The number of carbonyl (C=O) groups excluding carboxylic acids is 2. The molecule has 128 valence electrons. The topological polar surface area (TPSA) is 99.9 Å². The quantitative estimate of drug-likeness (QED) is 0.808. The van der Waals surface area contributed by atoms with Crippen molar-refractivity contribution >= 4 is 17.7 Å². The van der Waals surface area contributed by atoms with Crippen LogP contribution in [0, 0.1) is 6.92 Å². The Labute approximate surface area is 138 Å². The van der Waals surface area contributed by atoms with E-state index < -0.39 is 18.0 Å². The van der Waals surface area contributed by atoms with Gasteiger partial charge in [0.2, 0.25) is 0 Å². The molecule has 1 atom stereocenters. The SMILES string of the molecule is COc1ccc(OC)c(C(=O)O[C@@H](C)C(=O)Nc2cc(C)on2)c1. The molecule has 1 N–H and O–H groups in total. The Kier molecular flexibility index (Phi) is 5.41. The molecule has 0 aliphatic carbocycles. The predicted octanol–water partition coefficient (Wildman–Crippen LogP) is 2.18. The molecule has 1 amide bonds. The number of esters is 1. The molecule has 8 nitrogen and oxygen atoms in total. The molecule has 1 aromatic carbocycles. The van der Waals surface area contributed by atoms with Crippen molar-refractivity contribution in [3.63, 3.8) is 0 Å². The molecule has 0 bridgehead atoms. The molecular formula is C16H18N2O6. The number of ether oxygens (including phenoxy) is 3. The van der Waals surface area contributed by atoms with E-state index >= 15 is 0 Å². The van der Waals surface area contributed by atoms with Gasteiger partial charge in [-0.15, -0.1) is 0 Å². The molecule has 2 rings (SSSR count). The number of benzene rings is 1. The third-order valence-corrected chi connectivity index (χ3v) is 3.16. The Bertz CT molecular complexity index is 740. The average molecular weight is 334 g/mol. The standard InChI is InChI=1S/C16H18N2O6/c1-9-7-14(18-24-9)17-15(19)10(2)23-16(20)12-8-11(21-3)5-6-13(12)22-4/h5-8,10H,1-4H3,(H,17,18,19)/t10-/m0/s1. The van der Waals surface area contributed by atoms with Gasteiger partial charge >= 0.3 is 5.97 Å². The summed E-state index contributed by atoms with van der Waals surface area (Å²) in [5.74, 6) is 0.358. The fraction of sp³-hybridized carbons (Fsp3) is 0.312.